The summed E-state index contributed by atoms with van der Waals surface area (Å²) < 4.78 is 6.99. The number of rotatable bonds is 5. The SMILES string of the molecule is CN(C)C(=O)OCc1cccc(Cc2cc3c(=O)n([C@H]4CCCC[C@@H]4O)cnc3c3c2C=CCN3C)c1. The average molecular weight is 503 g/mol. The molecule has 0 radical (unpaired) electrons. The second kappa shape index (κ2) is 10.4. The average Bonchev–Trinajstić information content (AvgIpc) is 2.89. The van der Waals surface area contributed by atoms with Crippen LogP contribution in [-0.4, -0.2) is 59.4 Å². The summed E-state index contributed by atoms with van der Waals surface area (Å²) in [6, 6.07) is 9.71. The number of fused-ring (bicyclic) bond motifs is 3. The fraction of sp³-hybridized carbons (Fsp3) is 0.414. The van der Waals surface area contributed by atoms with Crippen LogP contribution in [0, 0.1) is 0 Å². The van der Waals surface area contributed by atoms with Crippen molar-refractivity contribution in [2.45, 2.75) is 50.9 Å². The first-order valence-electron chi connectivity index (χ1n) is 12.9. The molecule has 0 bridgehead atoms. The minimum atomic E-state index is -0.530. The third-order valence-electron chi connectivity index (χ3n) is 7.39. The Kier molecular flexibility index (Phi) is 7.02. The second-order valence-corrected chi connectivity index (χ2v) is 10.3. The van der Waals surface area contributed by atoms with E-state index in [0.717, 1.165) is 53.7 Å². The van der Waals surface area contributed by atoms with E-state index in [-0.39, 0.29) is 24.3 Å². The summed E-state index contributed by atoms with van der Waals surface area (Å²) in [6.45, 7) is 0.937. The number of hydrogen-bond acceptors (Lipinski definition) is 6. The topological polar surface area (TPSA) is 87.9 Å². The minimum absolute atomic E-state index is 0.104. The smallest absolute Gasteiger partial charge is 0.409 e. The molecular weight excluding hydrogens is 468 g/mol. The molecule has 1 amide bonds. The van der Waals surface area contributed by atoms with Gasteiger partial charge in [0, 0.05) is 33.3 Å². The van der Waals surface area contributed by atoms with Crippen LogP contribution in [0.25, 0.3) is 17.0 Å². The van der Waals surface area contributed by atoms with E-state index >= 15 is 0 Å². The first-order chi connectivity index (χ1) is 17.8. The fourth-order valence-corrected chi connectivity index (χ4v) is 5.45. The zero-order chi connectivity index (χ0) is 26.1. The lowest BCUT2D eigenvalue weighted by molar-refractivity contribution is 0.0735. The van der Waals surface area contributed by atoms with E-state index in [4.69, 9.17) is 9.72 Å². The van der Waals surface area contributed by atoms with Crippen LogP contribution in [-0.2, 0) is 17.8 Å². The van der Waals surface area contributed by atoms with Crippen LogP contribution >= 0.6 is 0 Å². The molecule has 8 nitrogen and oxygen atoms in total. The molecule has 0 spiro atoms. The molecule has 1 N–H and O–H groups in total. The quantitative estimate of drug-likeness (QED) is 0.565. The van der Waals surface area contributed by atoms with Crippen molar-refractivity contribution in [3.05, 3.63) is 75.3 Å². The highest BCUT2D eigenvalue weighted by molar-refractivity contribution is 5.97. The second-order valence-electron chi connectivity index (χ2n) is 10.3. The molecule has 1 fully saturated rings. The fourth-order valence-electron chi connectivity index (χ4n) is 5.45. The molecule has 0 unspecified atom stereocenters. The van der Waals surface area contributed by atoms with Crippen LogP contribution in [0.5, 0.6) is 0 Å². The molecule has 194 valence electrons. The molecule has 0 saturated heterocycles. The molecule has 8 heteroatoms. The molecule has 1 saturated carbocycles. The number of likely N-dealkylation sites (N-methyl/N-ethyl adjacent to an activating group) is 1. The van der Waals surface area contributed by atoms with E-state index in [2.05, 4.69) is 17.1 Å². The summed E-state index contributed by atoms with van der Waals surface area (Å²) >= 11 is 0. The van der Waals surface area contributed by atoms with E-state index in [1.54, 1.807) is 25.0 Å². The third kappa shape index (κ3) is 4.98. The minimum Gasteiger partial charge on any atom is -0.445 e. The summed E-state index contributed by atoms with van der Waals surface area (Å²) in [5.74, 6) is 0. The molecule has 1 aliphatic heterocycles. The number of benzene rings is 2. The highest BCUT2D eigenvalue weighted by atomic mass is 16.6. The molecule has 37 heavy (non-hydrogen) atoms. The Hall–Kier alpha value is -3.65. The van der Waals surface area contributed by atoms with Crippen molar-refractivity contribution in [2.24, 2.45) is 0 Å². The van der Waals surface area contributed by atoms with Gasteiger partial charge in [0.05, 0.1) is 29.5 Å². The van der Waals surface area contributed by atoms with E-state index in [1.807, 2.05) is 37.4 Å². The molecule has 2 aromatic carbocycles. The first kappa shape index (κ1) is 25.0. The van der Waals surface area contributed by atoms with Gasteiger partial charge in [-0.15, -0.1) is 0 Å². The molecular formula is C29H34N4O4. The lowest BCUT2D eigenvalue weighted by atomic mass is 9.91. The number of anilines is 1. The summed E-state index contributed by atoms with van der Waals surface area (Å²) in [4.78, 5) is 33.9. The van der Waals surface area contributed by atoms with Crippen LogP contribution in [0.3, 0.4) is 0 Å². The summed E-state index contributed by atoms with van der Waals surface area (Å²) in [7, 11) is 5.33. The largest absolute Gasteiger partial charge is 0.445 e. The number of ether oxygens (including phenoxy) is 1. The van der Waals surface area contributed by atoms with Crippen LogP contribution < -0.4 is 10.5 Å². The van der Waals surface area contributed by atoms with Crippen LogP contribution in [0.1, 0.15) is 54.0 Å². The van der Waals surface area contributed by atoms with Crippen molar-refractivity contribution in [3.63, 3.8) is 0 Å². The number of amides is 1. The number of aromatic nitrogens is 2. The van der Waals surface area contributed by atoms with Crippen molar-refractivity contribution < 1.29 is 14.6 Å². The Labute approximate surface area is 216 Å². The number of carbonyl (C=O) groups is 1. The molecule has 2 heterocycles. The molecule has 2 aliphatic rings. The number of aliphatic hydroxyl groups is 1. The zero-order valence-electron chi connectivity index (χ0n) is 21.7. The van der Waals surface area contributed by atoms with Crippen molar-refractivity contribution in [1.82, 2.24) is 14.5 Å². The zero-order valence-corrected chi connectivity index (χ0v) is 21.7. The van der Waals surface area contributed by atoms with Crippen LogP contribution in [0.4, 0.5) is 10.5 Å². The predicted octanol–water partition coefficient (Wildman–Crippen LogP) is 4.12. The van der Waals surface area contributed by atoms with E-state index in [0.29, 0.717) is 23.7 Å². The summed E-state index contributed by atoms with van der Waals surface area (Å²) in [5.41, 5.74) is 5.62. The van der Waals surface area contributed by atoms with Gasteiger partial charge in [-0.1, -0.05) is 49.3 Å². The van der Waals surface area contributed by atoms with Gasteiger partial charge in [-0.05, 0) is 42.0 Å². The maximum Gasteiger partial charge on any atom is 0.409 e. The Morgan fingerprint density at radius 1 is 1.19 bits per heavy atom. The van der Waals surface area contributed by atoms with Gasteiger partial charge in [0.15, 0.2) is 0 Å². The van der Waals surface area contributed by atoms with Crippen molar-refractivity contribution in [1.29, 1.82) is 0 Å². The van der Waals surface area contributed by atoms with Gasteiger partial charge < -0.3 is 19.6 Å². The maximum atomic E-state index is 13.8. The Balaban J connectivity index is 1.55. The lowest BCUT2D eigenvalue weighted by Gasteiger charge is -2.30. The summed E-state index contributed by atoms with van der Waals surface area (Å²) in [5, 5.41) is 11.2. The van der Waals surface area contributed by atoms with Crippen LogP contribution in [0.15, 0.2) is 47.5 Å². The number of carbonyl (C=O) groups excluding carboxylic acids is 1. The lowest BCUT2D eigenvalue weighted by Crippen LogP contribution is -2.35. The van der Waals surface area contributed by atoms with E-state index in [9.17, 15) is 14.7 Å². The highest BCUT2D eigenvalue weighted by Gasteiger charge is 2.27. The predicted molar refractivity (Wildman–Crippen MR) is 145 cm³/mol. The normalized spacial score (nSPS) is 19.1. The van der Waals surface area contributed by atoms with Crippen molar-refractivity contribution >= 4 is 28.8 Å². The summed E-state index contributed by atoms with van der Waals surface area (Å²) in [6.07, 6.45) is 9.02. The van der Waals surface area contributed by atoms with Gasteiger partial charge in [-0.3, -0.25) is 9.36 Å². The van der Waals surface area contributed by atoms with Crippen molar-refractivity contribution in [2.75, 3.05) is 32.6 Å². The third-order valence-corrected chi connectivity index (χ3v) is 7.39. The van der Waals surface area contributed by atoms with Gasteiger partial charge in [0.25, 0.3) is 5.56 Å². The van der Waals surface area contributed by atoms with Gasteiger partial charge in [-0.25, -0.2) is 9.78 Å². The number of hydrogen-bond donors (Lipinski definition) is 1. The van der Waals surface area contributed by atoms with Gasteiger partial charge >= 0.3 is 6.09 Å². The number of aliphatic hydroxyl groups excluding tert-OH is 1. The molecule has 5 rings (SSSR count). The standard InChI is InChI=1S/C29H34N4O4/c1-31(2)29(36)37-17-20-9-6-8-19(14-20)15-21-16-23-26(27-22(21)10-7-13-32(27)3)30-18-33(28(23)35)24-11-4-5-12-25(24)34/h6-10,14,16,18,24-25,34H,4-5,11-13,15,17H2,1-3H3/t24-,25-/m0/s1. The van der Waals surface area contributed by atoms with Gasteiger partial charge in [0.2, 0.25) is 0 Å². The van der Waals surface area contributed by atoms with E-state index < -0.39 is 6.10 Å². The Morgan fingerprint density at radius 2 is 1.97 bits per heavy atom. The van der Waals surface area contributed by atoms with Gasteiger partial charge in [-0.2, -0.15) is 0 Å². The highest BCUT2D eigenvalue weighted by Crippen LogP contribution is 2.36. The molecule has 3 aromatic rings. The molecule has 2 atom stereocenters. The van der Waals surface area contributed by atoms with E-state index in [1.165, 1.54) is 4.90 Å². The first-order valence-corrected chi connectivity index (χ1v) is 12.9. The van der Waals surface area contributed by atoms with Crippen LogP contribution in [0.2, 0.25) is 0 Å². The van der Waals surface area contributed by atoms with Crippen molar-refractivity contribution in [3.8, 4) is 0 Å². The maximum absolute atomic E-state index is 13.8. The molecule has 1 aromatic heterocycles. The Morgan fingerprint density at radius 3 is 2.76 bits per heavy atom. The molecule has 1 aliphatic carbocycles. The monoisotopic (exact) mass is 502 g/mol. The Bertz CT molecular complexity index is 1410. The van der Waals surface area contributed by atoms with Gasteiger partial charge in [0.1, 0.15) is 12.1 Å². The number of nitrogens with zero attached hydrogens (tertiary/aromatic N) is 4.